The zero-order valence-electron chi connectivity index (χ0n) is 16.4. The Balaban J connectivity index is 0.00000210. The molecule has 1 atom stereocenters. The molecule has 1 amide bonds. The summed E-state index contributed by atoms with van der Waals surface area (Å²) in [6.45, 7) is 5.20. The van der Waals surface area contributed by atoms with E-state index in [1.807, 2.05) is 12.1 Å². The number of nitrogens with one attached hydrogen (secondary N) is 2. The predicted octanol–water partition coefficient (Wildman–Crippen LogP) is 3.83. The van der Waals surface area contributed by atoms with E-state index < -0.39 is 5.91 Å². The van der Waals surface area contributed by atoms with E-state index >= 15 is 0 Å². The van der Waals surface area contributed by atoms with Crippen LogP contribution in [0.15, 0.2) is 48.7 Å². The second kappa shape index (κ2) is 12.4. The summed E-state index contributed by atoms with van der Waals surface area (Å²) < 4.78 is 0. The molecule has 1 aromatic heterocycles. The van der Waals surface area contributed by atoms with Crippen LogP contribution in [0.1, 0.15) is 29.5 Å². The van der Waals surface area contributed by atoms with Crippen molar-refractivity contribution in [3.8, 4) is 0 Å². The largest absolute Gasteiger partial charge is 0.366 e. The van der Waals surface area contributed by atoms with Crippen LogP contribution in [0.5, 0.6) is 0 Å². The lowest BCUT2D eigenvalue weighted by molar-refractivity contribution is -0.124. The number of benzene rings is 1. The number of aromatic nitrogens is 1. The number of hydrogen-bond donors (Lipinski definition) is 3. The molecule has 1 aliphatic rings. The van der Waals surface area contributed by atoms with E-state index in [0.717, 1.165) is 37.4 Å². The number of hydrogen-bond acceptors (Lipinski definition) is 5. The van der Waals surface area contributed by atoms with Gasteiger partial charge in [0.15, 0.2) is 0 Å². The molecule has 3 N–H and O–H groups in total. The van der Waals surface area contributed by atoms with E-state index in [2.05, 4.69) is 46.4 Å². The molecule has 0 radical (unpaired) electrons. The number of carbonyl (C=O) groups is 1. The van der Waals surface area contributed by atoms with Crippen LogP contribution in [-0.4, -0.2) is 40.1 Å². The first-order chi connectivity index (χ1) is 13.1. The minimum absolute atomic E-state index is 0. The van der Waals surface area contributed by atoms with E-state index in [0.29, 0.717) is 6.04 Å². The molecule has 158 valence electrons. The maximum absolute atomic E-state index is 11.0. The van der Waals surface area contributed by atoms with E-state index in [-0.39, 0.29) is 24.8 Å². The predicted molar refractivity (Wildman–Crippen MR) is 121 cm³/mol. The van der Waals surface area contributed by atoms with Crippen LogP contribution in [0.3, 0.4) is 0 Å². The average molecular weight is 439 g/mol. The van der Waals surface area contributed by atoms with Crippen LogP contribution in [0.4, 0.5) is 5.82 Å². The molecule has 1 aromatic carbocycles. The Hall–Kier alpha value is -2.12. The summed E-state index contributed by atoms with van der Waals surface area (Å²) in [6.07, 6.45) is 6.86. The molecule has 0 aliphatic carbocycles. The summed E-state index contributed by atoms with van der Waals surface area (Å²) in [6, 6.07) is 12.9. The van der Waals surface area contributed by atoms with Gasteiger partial charge in [0.1, 0.15) is 5.82 Å². The normalized spacial score (nSPS) is 16.6. The smallest absolute Gasteiger partial charge is 0.267 e. The topological polar surface area (TPSA) is 77.5 Å². The third-order valence-electron chi connectivity index (χ3n) is 4.71. The quantitative estimate of drug-likeness (QED) is 0.362. The number of nitrogens with zero attached hydrogens (tertiary/aromatic N) is 2. The number of halogens is 2. The average Bonchev–Trinajstić information content (AvgIpc) is 2.69. The number of piperidine rings is 1. The van der Waals surface area contributed by atoms with Gasteiger partial charge in [-0.1, -0.05) is 29.8 Å². The molecular formula is C21H28Cl2N4O2. The van der Waals surface area contributed by atoms with Gasteiger partial charge in [0.05, 0.1) is 0 Å². The Kier molecular flexibility index (Phi) is 10.7. The number of likely N-dealkylation sites (tertiary alicyclic amines) is 1. The Labute approximate surface area is 184 Å². The summed E-state index contributed by atoms with van der Waals surface area (Å²) >= 11 is 0. The molecule has 0 saturated carbocycles. The molecule has 29 heavy (non-hydrogen) atoms. The van der Waals surface area contributed by atoms with Crippen molar-refractivity contribution in [2.75, 3.05) is 18.4 Å². The van der Waals surface area contributed by atoms with Crippen molar-refractivity contribution in [1.82, 2.24) is 15.4 Å². The van der Waals surface area contributed by atoms with E-state index in [1.54, 1.807) is 17.8 Å². The molecule has 0 spiro atoms. The molecule has 2 aromatic rings. The first kappa shape index (κ1) is 24.9. The first-order valence-corrected chi connectivity index (χ1v) is 9.25. The monoisotopic (exact) mass is 438 g/mol. The minimum atomic E-state index is -0.562. The maximum atomic E-state index is 11.0. The summed E-state index contributed by atoms with van der Waals surface area (Å²) in [5.74, 6) is 0.272. The Morgan fingerprint density at radius 2 is 2.00 bits per heavy atom. The highest BCUT2D eigenvalue weighted by Gasteiger charge is 2.20. The first-order valence-electron chi connectivity index (χ1n) is 9.25. The van der Waals surface area contributed by atoms with E-state index in [1.165, 1.54) is 23.6 Å². The number of carbonyl (C=O) groups excluding carboxylic acids is 1. The van der Waals surface area contributed by atoms with Gasteiger partial charge in [-0.15, -0.1) is 24.8 Å². The third kappa shape index (κ3) is 8.03. The van der Waals surface area contributed by atoms with Gasteiger partial charge in [0, 0.05) is 31.4 Å². The summed E-state index contributed by atoms with van der Waals surface area (Å²) in [5.41, 5.74) is 5.00. The Bertz CT molecular complexity index is 782. The van der Waals surface area contributed by atoms with Gasteiger partial charge >= 0.3 is 0 Å². The van der Waals surface area contributed by atoms with Crippen LogP contribution in [0.25, 0.3) is 6.08 Å². The third-order valence-corrected chi connectivity index (χ3v) is 4.71. The van der Waals surface area contributed by atoms with Crippen molar-refractivity contribution < 1.29 is 10.0 Å². The molecule has 1 fully saturated rings. The number of rotatable bonds is 6. The van der Waals surface area contributed by atoms with Crippen LogP contribution in [-0.2, 0) is 11.3 Å². The number of anilines is 1. The standard InChI is InChI=1S/C21H26N4O2.2ClH/c1-16-4-6-18(7-5-16)14-25-12-2-3-19(15-25)23-20-10-8-17(13-22-20)9-11-21(26)24-27;;/h4-11,13,19,27H,2-3,12,14-15H2,1H3,(H,22,23)(H,24,26);2*1H/b11-9+;;/t19-;;/m1../s1. The summed E-state index contributed by atoms with van der Waals surface area (Å²) in [7, 11) is 0. The van der Waals surface area contributed by atoms with Gasteiger partial charge in [0.25, 0.3) is 5.91 Å². The van der Waals surface area contributed by atoms with Crippen molar-refractivity contribution in [2.45, 2.75) is 32.4 Å². The summed E-state index contributed by atoms with van der Waals surface area (Å²) in [5, 5.41) is 12.0. The Morgan fingerprint density at radius 1 is 1.24 bits per heavy atom. The molecule has 3 rings (SSSR count). The number of pyridine rings is 1. The highest BCUT2D eigenvalue weighted by atomic mass is 35.5. The fourth-order valence-electron chi connectivity index (χ4n) is 3.28. The fourth-order valence-corrected chi connectivity index (χ4v) is 3.28. The van der Waals surface area contributed by atoms with Crippen molar-refractivity contribution in [3.05, 3.63) is 65.4 Å². The van der Waals surface area contributed by atoms with Crippen molar-refractivity contribution in [2.24, 2.45) is 0 Å². The lowest BCUT2D eigenvalue weighted by Gasteiger charge is -2.33. The van der Waals surface area contributed by atoms with E-state index in [9.17, 15) is 4.79 Å². The van der Waals surface area contributed by atoms with Crippen molar-refractivity contribution in [1.29, 1.82) is 0 Å². The van der Waals surface area contributed by atoms with E-state index in [4.69, 9.17) is 5.21 Å². The molecule has 6 nitrogen and oxygen atoms in total. The minimum Gasteiger partial charge on any atom is -0.366 e. The molecule has 1 aliphatic heterocycles. The molecule has 0 unspecified atom stereocenters. The number of hydroxylamine groups is 1. The number of aryl methyl sites for hydroxylation is 1. The fraction of sp³-hybridized carbons (Fsp3) is 0.333. The highest BCUT2D eigenvalue weighted by molar-refractivity contribution is 5.90. The van der Waals surface area contributed by atoms with Crippen LogP contribution in [0.2, 0.25) is 0 Å². The zero-order valence-corrected chi connectivity index (χ0v) is 18.0. The van der Waals surface area contributed by atoms with Gasteiger partial charge in [-0.05, 0) is 55.6 Å². The zero-order chi connectivity index (χ0) is 19.1. The molecule has 2 heterocycles. The number of amides is 1. The van der Waals surface area contributed by atoms with Crippen LogP contribution < -0.4 is 10.8 Å². The van der Waals surface area contributed by atoms with Gasteiger partial charge in [0.2, 0.25) is 0 Å². The Morgan fingerprint density at radius 3 is 2.66 bits per heavy atom. The van der Waals surface area contributed by atoms with Gasteiger partial charge in [-0.25, -0.2) is 10.5 Å². The van der Waals surface area contributed by atoms with Gasteiger partial charge in [-0.3, -0.25) is 14.9 Å². The molecule has 1 saturated heterocycles. The van der Waals surface area contributed by atoms with Crippen molar-refractivity contribution in [3.63, 3.8) is 0 Å². The molecule has 8 heteroatoms. The second-order valence-corrected chi connectivity index (χ2v) is 6.99. The SMILES string of the molecule is Cc1ccc(CN2CCC[C@@H](Nc3ccc(/C=C/C(=O)NO)cn3)C2)cc1.Cl.Cl. The lowest BCUT2D eigenvalue weighted by atomic mass is 10.0. The second-order valence-electron chi connectivity index (χ2n) is 6.99. The highest BCUT2D eigenvalue weighted by Crippen LogP contribution is 2.17. The van der Waals surface area contributed by atoms with Gasteiger partial charge < -0.3 is 5.32 Å². The molecular weight excluding hydrogens is 411 g/mol. The lowest BCUT2D eigenvalue weighted by Crippen LogP contribution is -2.41. The van der Waals surface area contributed by atoms with Gasteiger partial charge in [-0.2, -0.15) is 0 Å². The van der Waals surface area contributed by atoms with Crippen LogP contribution in [0, 0.1) is 6.92 Å². The maximum Gasteiger partial charge on any atom is 0.267 e. The van der Waals surface area contributed by atoms with Crippen LogP contribution >= 0.6 is 24.8 Å². The summed E-state index contributed by atoms with van der Waals surface area (Å²) in [4.78, 5) is 17.9. The molecule has 0 bridgehead atoms. The van der Waals surface area contributed by atoms with Crippen molar-refractivity contribution >= 4 is 42.6 Å².